The fourth-order valence-electron chi connectivity index (χ4n) is 1.52. The van der Waals surface area contributed by atoms with Gasteiger partial charge < -0.3 is 11.1 Å². The molecule has 0 heterocycles. The summed E-state index contributed by atoms with van der Waals surface area (Å²) in [4.78, 5) is 0. The number of nitrogens with two attached hydrogens (primary N) is 1. The first-order valence-corrected chi connectivity index (χ1v) is 3.77. The van der Waals surface area contributed by atoms with Crippen molar-refractivity contribution in [2.75, 3.05) is 7.05 Å². The largest absolute Gasteiger partial charge is 0.326 e. The molecule has 0 radical (unpaired) electrons. The molecule has 0 saturated heterocycles. The SMILES string of the molecule is CNC1CCCCC1N. The third-order valence-electron chi connectivity index (χ3n) is 2.19. The molecule has 0 aromatic heterocycles. The Balaban J connectivity index is 2.30. The summed E-state index contributed by atoms with van der Waals surface area (Å²) in [5, 5.41) is 3.23. The van der Waals surface area contributed by atoms with Crippen LogP contribution in [0.25, 0.3) is 0 Å². The minimum atomic E-state index is 0.406. The molecule has 0 spiro atoms. The third-order valence-corrected chi connectivity index (χ3v) is 2.19. The number of hydrogen-bond acceptors (Lipinski definition) is 2. The summed E-state index contributed by atoms with van der Waals surface area (Å²) in [5.41, 5.74) is 5.83. The van der Waals surface area contributed by atoms with Gasteiger partial charge in [-0.25, -0.2) is 0 Å². The van der Waals surface area contributed by atoms with Crippen LogP contribution in [-0.4, -0.2) is 19.1 Å². The highest BCUT2D eigenvalue weighted by Gasteiger charge is 2.18. The van der Waals surface area contributed by atoms with Crippen LogP contribution in [0, 0.1) is 0 Å². The molecule has 1 aliphatic carbocycles. The van der Waals surface area contributed by atoms with Crippen LogP contribution < -0.4 is 11.1 Å². The Bertz CT molecular complexity index is 83.0. The predicted molar refractivity (Wildman–Crippen MR) is 39.3 cm³/mol. The highest BCUT2D eigenvalue weighted by atomic mass is 14.9. The fourth-order valence-corrected chi connectivity index (χ4v) is 1.52. The lowest BCUT2D eigenvalue weighted by molar-refractivity contribution is 0.344. The Morgan fingerprint density at radius 3 is 2.44 bits per heavy atom. The molecule has 2 nitrogen and oxygen atoms in total. The maximum atomic E-state index is 5.83. The number of rotatable bonds is 1. The minimum Gasteiger partial charge on any atom is -0.326 e. The monoisotopic (exact) mass is 128 g/mol. The van der Waals surface area contributed by atoms with E-state index < -0.39 is 0 Å². The van der Waals surface area contributed by atoms with Crippen LogP contribution in [0.15, 0.2) is 0 Å². The second-order valence-electron chi connectivity index (χ2n) is 2.84. The Labute approximate surface area is 56.8 Å². The molecule has 1 saturated carbocycles. The molecule has 2 atom stereocenters. The lowest BCUT2D eigenvalue weighted by Gasteiger charge is -2.27. The molecule has 0 aromatic rings. The molecule has 54 valence electrons. The summed E-state index contributed by atoms with van der Waals surface area (Å²) in [6.45, 7) is 0. The summed E-state index contributed by atoms with van der Waals surface area (Å²) in [6.07, 6.45) is 5.13. The molecule has 0 aliphatic heterocycles. The summed E-state index contributed by atoms with van der Waals surface area (Å²) in [5.74, 6) is 0. The first-order chi connectivity index (χ1) is 4.34. The highest BCUT2D eigenvalue weighted by Crippen LogP contribution is 2.15. The lowest BCUT2D eigenvalue weighted by Crippen LogP contribution is -2.45. The Morgan fingerprint density at radius 2 is 2.00 bits per heavy atom. The summed E-state index contributed by atoms with van der Waals surface area (Å²) in [6, 6.07) is 0.988. The molecule has 1 fully saturated rings. The van der Waals surface area contributed by atoms with Gasteiger partial charge in [0.1, 0.15) is 0 Å². The maximum absolute atomic E-state index is 5.83. The number of likely N-dealkylation sites (N-methyl/N-ethyl adjacent to an activating group) is 1. The van der Waals surface area contributed by atoms with Crippen molar-refractivity contribution in [3.05, 3.63) is 0 Å². The van der Waals surface area contributed by atoms with Crippen molar-refractivity contribution in [2.24, 2.45) is 5.73 Å². The smallest absolute Gasteiger partial charge is 0.0216 e. The normalized spacial score (nSPS) is 36.7. The van der Waals surface area contributed by atoms with Crippen LogP contribution in [0.1, 0.15) is 25.7 Å². The topological polar surface area (TPSA) is 38.0 Å². The Kier molecular flexibility index (Phi) is 2.49. The first-order valence-electron chi connectivity index (χ1n) is 3.77. The molecule has 1 aliphatic rings. The molecule has 2 heteroatoms. The van der Waals surface area contributed by atoms with Gasteiger partial charge in [-0.2, -0.15) is 0 Å². The van der Waals surface area contributed by atoms with Crippen molar-refractivity contribution in [2.45, 2.75) is 37.8 Å². The van der Waals surface area contributed by atoms with E-state index in [2.05, 4.69) is 5.32 Å². The van der Waals surface area contributed by atoms with Gasteiger partial charge in [0.2, 0.25) is 0 Å². The van der Waals surface area contributed by atoms with E-state index in [0.717, 1.165) is 0 Å². The standard InChI is InChI=1S/C7H16N2/c1-9-7-5-3-2-4-6(7)8/h6-7,9H,2-5,8H2,1H3. The van der Waals surface area contributed by atoms with Gasteiger partial charge in [0.15, 0.2) is 0 Å². The average Bonchev–Trinajstić information content (AvgIpc) is 1.89. The molecular formula is C7H16N2. The van der Waals surface area contributed by atoms with Crippen LogP contribution in [0.3, 0.4) is 0 Å². The first kappa shape index (κ1) is 7.03. The van der Waals surface area contributed by atoms with E-state index in [4.69, 9.17) is 5.73 Å². The quantitative estimate of drug-likeness (QED) is 0.539. The number of hydrogen-bond donors (Lipinski definition) is 2. The molecule has 9 heavy (non-hydrogen) atoms. The van der Waals surface area contributed by atoms with E-state index in [1.165, 1.54) is 25.7 Å². The lowest BCUT2D eigenvalue weighted by atomic mass is 9.91. The van der Waals surface area contributed by atoms with Crippen molar-refractivity contribution in [3.63, 3.8) is 0 Å². The van der Waals surface area contributed by atoms with Gasteiger partial charge in [0.25, 0.3) is 0 Å². The van der Waals surface area contributed by atoms with Gasteiger partial charge >= 0.3 is 0 Å². The van der Waals surface area contributed by atoms with Crippen LogP contribution in [0.5, 0.6) is 0 Å². The van der Waals surface area contributed by atoms with Crippen molar-refractivity contribution in [1.29, 1.82) is 0 Å². The summed E-state index contributed by atoms with van der Waals surface area (Å²) < 4.78 is 0. The van der Waals surface area contributed by atoms with Crippen molar-refractivity contribution in [1.82, 2.24) is 5.32 Å². The van der Waals surface area contributed by atoms with Gasteiger partial charge in [0.05, 0.1) is 0 Å². The Hall–Kier alpha value is -0.0800. The van der Waals surface area contributed by atoms with Crippen LogP contribution in [-0.2, 0) is 0 Å². The summed E-state index contributed by atoms with van der Waals surface area (Å²) >= 11 is 0. The predicted octanol–water partition coefficient (Wildman–Crippen LogP) is 0.476. The van der Waals surface area contributed by atoms with Crippen LogP contribution >= 0.6 is 0 Å². The second-order valence-corrected chi connectivity index (χ2v) is 2.84. The third kappa shape index (κ3) is 1.66. The van der Waals surface area contributed by atoms with Gasteiger partial charge in [-0.05, 0) is 19.9 Å². The highest BCUT2D eigenvalue weighted by molar-refractivity contribution is 4.81. The van der Waals surface area contributed by atoms with Crippen LogP contribution in [0.2, 0.25) is 0 Å². The second kappa shape index (κ2) is 3.18. The molecule has 0 amide bonds. The summed E-state index contributed by atoms with van der Waals surface area (Å²) in [7, 11) is 2.00. The molecular weight excluding hydrogens is 112 g/mol. The van der Waals surface area contributed by atoms with E-state index in [9.17, 15) is 0 Å². The molecule has 0 aromatic carbocycles. The van der Waals surface area contributed by atoms with Crippen molar-refractivity contribution < 1.29 is 0 Å². The van der Waals surface area contributed by atoms with Gasteiger partial charge in [-0.3, -0.25) is 0 Å². The maximum Gasteiger partial charge on any atom is 0.0216 e. The van der Waals surface area contributed by atoms with Gasteiger partial charge in [0, 0.05) is 12.1 Å². The zero-order chi connectivity index (χ0) is 6.69. The minimum absolute atomic E-state index is 0.406. The van der Waals surface area contributed by atoms with E-state index in [0.29, 0.717) is 12.1 Å². The fraction of sp³-hybridized carbons (Fsp3) is 1.00. The molecule has 2 unspecified atom stereocenters. The average molecular weight is 128 g/mol. The van der Waals surface area contributed by atoms with Gasteiger partial charge in [-0.15, -0.1) is 0 Å². The van der Waals surface area contributed by atoms with Gasteiger partial charge in [-0.1, -0.05) is 12.8 Å². The molecule has 3 N–H and O–H groups in total. The number of nitrogens with one attached hydrogen (secondary N) is 1. The van der Waals surface area contributed by atoms with E-state index in [1.807, 2.05) is 7.05 Å². The molecule has 0 bridgehead atoms. The van der Waals surface area contributed by atoms with E-state index in [1.54, 1.807) is 0 Å². The van der Waals surface area contributed by atoms with Crippen molar-refractivity contribution >= 4 is 0 Å². The molecule has 1 rings (SSSR count). The zero-order valence-corrected chi connectivity index (χ0v) is 6.06. The zero-order valence-electron chi connectivity index (χ0n) is 6.06. The van der Waals surface area contributed by atoms with E-state index in [-0.39, 0.29) is 0 Å². The Morgan fingerprint density at radius 1 is 1.33 bits per heavy atom. The van der Waals surface area contributed by atoms with Crippen LogP contribution in [0.4, 0.5) is 0 Å². The van der Waals surface area contributed by atoms with Crippen molar-refractivity contribution in [3.8, 4) is 0 Å². The van der Waals surface area contributed by atoms with E-state index >= 15 is 0 Å².